The summed E-state index contributed by atoms with van der Waals surface area (Å²) in [6.45, 7) is 3.63. The molecule has 0 heterocycles. The highest BCUT2D eigenvalue weighted by atomic mass is 16.4. The number of carboxylic acid groups (broad SMARTS) is 4. The molecule has 0 aliphatic carbocycles. The lowest BCUT2D eigenvalue weighted by Gasteiger charge is -1.94. The summed E-state index contributed by atoms with van der Waals surface area (Å²) in [7, 11) is 0. The Morgan fingerprint density at radius 1 is 0.625 bits per heavy atom. The Hall–Kier alpha value is -4.72. The second-order valence-electron chi connectivity index (χ2n) is 5.61. The van der Waals surface area contributed by atoms with Gasteiger partial charge in [0.15, 0.2) is 0 Å². The first-order valence-electron chi connectivity index (χ1n) is 8.88. The van der Waals surface area contributed by atoms with Crippen molar-refractivity contribution in [3.8, 4) is 0 Å². The van der Waals surface area contributed by atoms with Gasteiger partial charge in [0.1, 0.15) is 0 Å². The van der Waals surface area contributed by atoms with Gasteiger partial charge in [-0.2, -0.15) is 0 Å². The van der Waals surface area contributed by atoms with Gasteiger partial charge in [-0.15, -0.1) is 0 Å². The van der Waals surface area contributed by atoms with Gasteiger partial charge < -0.3 is 20.4 Å². The molecule has 32 heavy (non-hydrogen) atoms. The van der Waals surface area contributed by atoms with E-state index >= 15 is 0 Å². The van der Waals surface area contributed by atoms with Crippen LogP contribution in [0, 0.1) is 0 Å². The van der Waals surface area contributed by atoms with E-state index in [0.29, 0.717) is 18.2 Å². The van der Waals surface area contributed by atoms with Gasteiger partial charge >= 0.3 is 23.9 Å². The Kier molecular flexibility index (Phi) is 13.7. The van der Waals surface area contributed by atoms with Crippen LogP contribution in [0.25, 0.3) is 12.2 Å². The van der Waals surface area contributed by atoms with E-state index in [1.807, 2.05) is 42.5 Å². The molecule has 0 aromatic heterocycles. The third-order valence-electron chi connectivity index (χ3n) is 3.18. The van der Waals surface area contributed by atoms with Crippen LogP contribution < -0.4 is 0 Å². The summed E-state index contributed by atoms with van der Waals surface area (Å²) in [5.41, 5.74) is 1.71. The summed E-state index contributed by atoms with van der Waals surface area (Å²) in [6.07, 6.45) is 6.40. The van der Waals surface area contributed by atoms with Crippen LogP contribution in [0.4, 0.5) is 0 Å². The number of hydrogen-bond acceptors (Lipinski definition) is 4. The van der Waals surface area contributed by atoms with Crippen molar-refractivity contribution < 1.29 is 39.6 Å². The number of carboxylic acids is 4. The highest BCUT2D eigenvalue weighted by Gasteiger charge is 2.05. The predicted molar refractivity (Wildman–Crippen MR) is 120 cm³/mol. The maximum absolute atomic E-state index is 10.7. The van der Waals surface area contributed by atoms with E-state index in [0.717, 1.165) is 5.56 Å². The molecule has 0 aliphatic rings. The number of benzene rings is 2. The smallest absolute Gasteiger partial charge is 0.335 e. The number of aliphatic carboxylic acids is 4. The molecule has 0 unspecified atom stereocenters. The number of hydrogen-bond donors (Lipinski definition) is 4. The van der Waals surface area contributed by atoms with E-state index in [-0.39, 0.29) is 5.57 Å². The molecular weight excluding hydrogens is 416 g/mol. The lowest BCUT2D eigenvalue weighted by atomic mass is 10.1. The number of rotatable bonds is 7. The van der Waals surface area contributed by atoms with Crippen molar-refractivity contribution in [1.29, 1.82) is 0 Å². The molecule has 0 saturated heterocycles. The second kappa shape index (κ2) is 16.1. The maximum Gasteiger partial charge on any atom is 0.335 e. The van der Waals surface area contributed by atoms with Gasteiger partial charge in [0, 0.05) is 18.2 Å². The minimum atomic E-state index is -1.28. The van der Waals surface area contributed by atoms with E-state index in [1.54, 1.807) is 30.3 Å². The quantitative estimate of drug-likeness (QED) is 0.376. The molecule has 0 saturated carbocycles. The molecule has 0 radical (unpaired) electrons. The van der Waals surface area contributed by atoms with Gasteiger partial charge in [-0.1, -0.05) is 79.4 Å². The van der Waals surface area contributed by atoms with Gasteiger partial charge in [-0.25, -0.2) is 19.2 Å². The molecule has 0 atom stereocenters. The fourth-order valence-electron chi connectivity index (χ4n) is 1.80. The fraction of sp³-hybridized carbons (Fsp3) is 0. The largest absolute Gasteiger partial charge is 0.478 e. The van der Waals surface area contributed by atoms with E-state index in [9.17, 15) is 19.2 Å². The SMILES string of the molecule is C=Cc1ccccc1.O=C(O)/C=C(/C=C/c1ccccc1)C(=O)O.O=C(O)/C=C\C(=O)O. The Bertz CT molecular complexity index is 971. The van der Waals surface area contributed by atoms with E-state index < -0.39 is 23.9 Å². The summed E-state index contributed by atoms with van der Waals surface area (Å²) in [6, 6.07) is 19.1. The standard InChI is InChI=1S/C12H10O4.C8H8.C4H4O4/c13-11(14)8-10(12(15)16)7-6-9-4-2-1-3-5-9;1-2-8-6-4-3-5-7-8;5-3(6)1-2-4(7)8/h1-8H,(H,13,14)(H,15,16);2-7H,1H2;1-2H,(H,5,6)(H,7,8)/b7-6+,10-8-;;2-1-. The Morgan fingerprint density at radius 3 is 1.38 bits per heavy atom. The molecular formula is C24H22O8. The zero-order chi connectivity index (χ0) is 24.4. The normalized spacial score (nSPS) is 10.3. The molecule has 166 valence electrons. The molecule has 0 aliphatic heterocycles. The molecule has 0 spiro atoms. The van der Waals surface area contributed by atoms with Crippen LogP contribution in [-0.4, -0.2) is 44.3 Å². The van der Waals surface area contributed by atoms with Crippen molar-refractivity contribution in [3.63, 3.8) is 0 Å². The monoisotopic (exact) mass is 438 g/mol. The minimum absolute atomic E-state index is 0.267. The second-order valence-corrected chi connectivity index (χ2v) is 5.61. The summed E-state index contributed by atoms with van der Waals surface area (Å²) >= 11 is 0. The predicted octanol–water partition coefficient (Wildman–Crippen LogP) is 3.84. The van der Waals surface area contributed by atoms with E-state index in [4.69, 9.17) is 20.4 Å². The number of carbonyl (C=O) groups is 4. The molecule has 0 amide bonds. The van der Waals surface area contributed by atoms with Crippen molar-refractivity contribution >= 4 is 36.0 Å². The topological polar surface area (TPSA) is 149 Å². The van der Waals surface area contributed by atoms with Crippen LogP contribution in [0.3, 0.4) is 0 Å². The summed E-state index contributed by atoms with van der Waals surface area (Å²) in [5, 5.41) is 32.8. The third-order valence-corrected chi connectivity index (χ3v) is 3.18. The van der Waals surface area contributed by atoms with Crippen LogP contribution in [0.2, 0.25) is 0 Å². The third kappa shape index (κ3) is 15.2. The van der Waals surface area contributed by atoms with Gasteiger partial charge in [0.2, 0.25) is 0 Å². The van der Waals surface area contributed by atoms with Crippen LogP contribution in [0.1, 0.15) is 11.1 Å². The Balaban J connectivity index is 0.000000504. The van der Waals surface area contributed by atoms with Crippen LogP contribution in [-0.2, 0) is 19.2 Å². The molecule has 2 rings (SSSR count). The van der Waals surface area contributed by atoms with Gasteiger partial charge in [0.05, 0.1) is 5.57 Å². The molecule has 0 fully saturated rings. The van der Waals surface area contributed by atoms with Crippen LogP contribution in [0.15, 0.2) is 97.1 Å². The molecule has 8 heteroatoms. The van der Waals surface area contributed by atoms with Crippen LogP contribution in [0.5, 0.6) is 0 Å². The minimum Gasteiger partial charge on any atom is -0.478 e. The van der Waals surface area contributed by atoms with Gasteiger partial charge in [-0.05, 0) is 17.2 Å². The average Bonchev–Trinajstić information content (AvgIpc) is 2.77. The summed E-state index contributed by atoms with van der Waals surface area (Å²) in [4.78, 5) is 40.1. The lowest BCUT2D eigenvalue weighted by molar-refractivity contribution is -0.134. The summed E-state index contributed by atoms with van der Waals surface area (Å²) < 4.78 is 0. The van der Waals surface area contributed by atoms with Crippen molar-refractivity contribution in [2.24, 2.45) is 0 Å². The average molecular weight is 438 g/mol. The molecule has 2 aromatic carbocycles. The van der Waals surface area contributed by atoms with Crippen molar-refractivity contribution in [1.82, 2.24) is 0 Å². The zero-order valence-electron chi connectivity index (χ0n) is 16.9. The van der Waals surface area contributed by atoms with E-state index in [1.165, 1.54) is 11.6 Å². The van der Waals surface area contributed by atoms with Crippen molar-refractivity contribution in [3.05, 3.63) is 108 Å². The van der Waals surface area contributed by atoms with Crippen molar-refractivity contribution in [2.45, 2.75) is 0 Å². The first-order valence-corrected chi connectivity index (χ1v) is 8.88. The first-order chi connectivity index (χ1) is 15.1. The molecule has 0 bridgehead atoms. The van der Waals surface area contributed by atoms with Crippen LogP contribution >= 0.6 is 0 Å². The first kappa shape index (κ1) is 27.3. The summed E-state index contributed by atoms with van der Waals surface area (Å²) in [5.74, 6) is -5.07. The Labute approximate surface area is 184 Å². The van der Waals surface area contributed by atoms with Gasteiger partial charge in [-0.3, -0.25) is 0 Å². The highest BCUT2D eigenvalue weighted by molar-refractivity contribution is 5.98. The molecule has 2 aromatic rings. The van der Waals surface area contributed by atoms with Crippen molar-refractivity contribution in [2.75, 3.05) is 0 Å². The van der Waals surface area contributed by atoms with E-state index in [2.05, 4.69) is 6.58 Å². The zero-order valence-corrected chi connectivity index (χ0v) is 16.9. The Morgan fingerprint density at radius 2 is 1.06 bits per heavy atom. The maximum atomic E-state index is 10.7. The molecule has 4 N–H and O–H groups in total. The highest BCUT2D eigenvalue weighted by Crippen LogP contribution is 2.05. The van der Waals surface area contributed by atoms with Gasteiger partial charge in [0.25, 0.3) is 0 Å². The fourth-order valence-corrected chi connectivity index (χ4v) is 1.80. The lowest BCUT2D eigenvalue weighted by Crippen LogP contribution is -2.01. The molecule has 8 nitrogen and oxygen atoms in total.